The predicted octanol–water partition coefficient (Wildman–Crippen LogP) is 1.45. The van der Waals surface area contributed by atoms with Crippen LogP contribution in [0.2, 0.25) is 0 Å². The van der Waals surface area contributed by atoms with E-state index in [1.54, 1.807) is 12.1 Å². The molecule has 7 heteroatoms. The van der Waals surface area contributed by atoms with Crippen LogP contribution >= 0.6 is 0 Å². The van der Waals surface area contributed by atoms with E-state index >= 15 is 0 Å². The summed E-state index contributed by atoms with van der Waals surface area (Å²) < 4.78 is 49.4. The maximum atomic E-state index is 12.5. The van der Waals surface area contributed by atoms with E-state index in [1.807, 2.05) is 12.1 Å². The number of rotatable bonds is 5. The Kier molecular flexibility index (Phi) is 4.75. The molecule has 1 unspecified atom stereocenters. The molecule has 118 valence electrons. The number of aryl methyl sites for hydroxylation is 1. The molecule has 0 N–H and O–H groups in total. The molecule has 0 aromatic heterocycles. The highest BCUT2D eigenvalue weighted by atomic mass is 32.2. The van der Waals surface area contributed by atoms with Crippen LogP contribution in [0.5, 0.6) is 0 Å². The summed E-state index contributed by atoms with van der Waals surface area (Å²) in [6, 6.07) is 6.85. The number of hydrogen-bond donors (Lipinski definition) is 0. The molecule has 0 amide bonds. The Balaban J connectivity index is 2.19. The molecule has 1 aliphatic rings. The Morgan fingerprint density at radius 3 is 2.24 bits per heavy atom. The third kappa shape index (κ3) is 3.64. The van der Waals surface area contributed by atoms with Crippen LogP contribution in [0.1, 0.15) is 25.3 Å². The molecule has 0 aliphatic carbocycles. The summed E-state index contributed by atoms with van der Waals surface area (Å²) in [4.78, 5) is 0.233. The summed E-state index contributed by atoms with van der Waals surface area (Å²) in [5.74, 6) is 0. The summed E-state index contributed by atoms with van der Waals surface area (Å²) in [6.45, 7) is 2.38. The van der Waals surface area contributed by atoms with Gasteiger partial charge in [-0.1, -0.05) is 25.5 Å². The summed E-state index contributed by atoms with van der Waals surface area (Å²) in [5, 5.41) is -0.591. The van der Waals surface area contributed by atoms with Crippen LogP contribution in [0.3, 0.4) is 0 Å². The highest BCUT2D eigenvalue weighted by Gasteiger charge is 2.36. The second-order valence-corrected chi connectivity index (χ2v) is 9.76. The standard InChI is InChI=1S/C14H21NO4S2/c1-3-4-12-5-7-13(8-6-12)21(18,19)15-10-9-14(11-15)20(2,16)17/h5-8,14H,3-4,9-11H2,1-2H3. The van der Waals surface area contributed by atoms with Gasteiger partial charge in [0, 0.05) is 19.3 Å². The van der Waals surface area contributed by atoms with Crippen molar-refractivity contribution in [3.8, 4) is 0 Å². The first-order valence-corrected chi connectivity index (χ1v) is 10.4. The monoisotopic (exact) mass is 331 g/mol. The third-order valence-corrected chi connectivity index (χ3v) is 7.29. The molecule has 1 atom stereocenters. The van der Waals surface area contributed by atoms with E-state index in [4.69, 9.17) is 0 Å². The predicted molar refractivity (Wildman–Crippen MR) is 82.4 cm³/mol. The lowest BCUT2D eigenvalue weighted by Crippen LogP contribution is -2.31. The molecule has 0 bridgehead atoms. The van der Waals surface area contributed by atoms with Crippen molar-refractivity contribution >= 4 is 19.9 Å². The number of benzene rings is 1. The van der Waals surface area contributed by atoms with Crippen molar-refractivity contribution in [2.45, 2.75) is 36.3 Å². The quantitative estimate of drug-likeness (QED) is 0.818. The van der Waals surface area contributed by atoms with E-state index in [-0.39, 0.29) is 18.0 Å². The van der Waals surface area contributed by atoms with Crippen molar-refractivity contribution in [3.05, 3.63) is 29.8 Å². The van der Waals surface area contributed by atoms with Crippen molar-refractivity contribution in [1.82, 2.24) is 4.31 Å². The van der Waals surface area contributed by atoms with Crippen molar-refractivity contribution in [2.75, 3.05) is 19.3 Å². The average molecular weight is 331 g/mol. The van der Waals surface area contributed by atoms with Gasteiger partial charge in [-0.05, 0) is 30.5 Å². The van der Waals surface area contributed by atoms with Crippen molar-refractivity contribution in [1.29, 1.82) is 0 Å². The first kappa shape index (κ1) is 16.5. The summed E-state index contributed by atoms with van der Waals surface area (Å²) >= 11 is 0. The van der Waals surface area contributed by atoms with Crippen LogP contribution in [0.25, 0.3) is 0 Å². The minimum Gasteiger partial charge on any atom is -0.229 e. The number of sulfone groups is 1. The van der Waals surface area contributed by atoms with Gasteiger partial charge in [-0.3, -0.25) is 0 Å². The fourth-order valence-electron chi connectivity index (χ4n) is 2.53. The van der Waals surface area contributed by atoms with Gasteiger partial charge in [-0.15, -0.1) is 0 Å². The van der Waals surface area contributed by atoms with Gasteiger partial charge in [-0.25, -0.2) is 16.8 Å². The van der Waals surface area contributed by atoms with Gasteiger partial charge in [-0.2, -0.15) is 4.31 Å². The van der Waals surface area contributed by atoms with Gasteiger partial charge in [0.05, 0.1) is 10.1 Å². The van der Waals surface area contributed by atoms with Crippen LogP contribution in [-0.4, -0.2) is 45.7 Å². The molecule has 5 nitrogen and oxygen atoms in total. The fraction of sp³-hybridized carbons (Fsp3) is 0.571. The SMILES string of the molecule is CCCc1ccc(S(=O)(=O)N2CCC(S(C)(=O)=O)C2)cc1. The van der Waals surface area contributed by atoms with E-state index in [2.05, 4.69) is 6.92 Å². The van der Waals surface area contributed by atoms with Crippen LogP contribution in [-0.2, 0) is 26.3 Å². The molecule has 0 saturated carbocycles. The molecule has 1 aromatic rings. The molecule has 2 rings (SSSR count). The minimum atomic E-state index is -3.59. The van der Waals surface area contributed by atoms with Crippen molar-refractivity contribution in [3.63, 3.8) is 0 Å². The summed E-state index contributed by atoms with van der Waals surface area (Å²) in [5.41, 5.74) is 1.10. The number of hydrogen-bond acceptors (Lipinski definition) is 4. The van der Waals surface area contributed by atoms with Crippen molar-refractivity contribution in [2.24, 2.45) is 0 Å². The van der Waals surface area contributed by atoms with E-state index in [0.29, 0.717) is 6.42 Å². The van der Waals surface area contributed by atoms with E-state index in [1.165, 1.54) is 4.31 Å². The summed E-state index contributed by atoms with van der Waals surface area (Å²) in [7, 11) is -6.79. The Morgan fingerprint density at radius 2 is 1.76 bits per heavy atom. The lowest BCUT2D eigenvalue weighted by molar-refractivity contribution is 0.477. The minimum absolute atomic E-state index is 0.0535. The molecule has 1 aromatic carbocycles. The zero-order valence-corrected chi connectivity index (χ0v) is 14.0. The normalized spacial score (nSPS) is 20.8. The van der Waals surface area contributed by atoms with Gasteiger partial charge in [0.25, 0.3) is 0 Å². The van der Waals surface area contributed by atoms with Crippen LogP contribution in [0, 0.1) is 0 Å². The Labute approximate surface area is 126 Å². The molecule has 0 radical (unpaired) electrons. The van der Waals surface area contributed by atoms with E-state index in [0.717, 1.165) is 24.7 Å². The second kappa shape index (κ2) is 6.06. The Morgan fingerprint density at radius 1 is 1.14 bits per heavy atom. The zero-order chi connectivity index (χ0) is 15.7. The van der Waals surface area contributed by atoms with Crippen LogP contribution in [0.15, 0.2) is 29.2 Å². The molecule has 1 heterocycles. The molecular weight excluding hydrogens is 310 g/mol. The molecule has 1 fully saturated rings. The molecule has 1 aliphatic heterocycles. The third-order valence-electron chi connectivity index (χ3n) is 3.81. The van der Waals surface area contributed by atoms with E-state index < -0.39 is 25.1 Å². The zero-order valence-electron chi connectivity index (χ0n) is 12.3. The summed E-state index contributed by atoms with van der Waals surface area (Å²) in [6.07, 6.45) is 3.45. The van der Waals surface area contributed by atoms with Crippen LogP contribution < -0.4 is 0 Å². The highest BCUT2D eigenvalue weighted by molar-refractivity contribution is 7.91. The Hall–Kier alpha value is -0.920. The van der Waals surface area contributed by atoms with Gasteiger partial charge in [0.15, 0.2) is 9.84 Å². The van der Waals surface area contributed by atoms with Crippen LogP contribution in [0.4, 0.5) is 0 Å². The smallest absolute Gasteiger partial charge is 0.229 e. The largest absolute Gasteiger partial charge is 0.243 e. The van der Waals surface area contributed by atoms with E-state index in [9.17, 15) is 16.8 Å². The molecular formula is C14H21NO4S2. The van der Waals surface area contributed by atoms with Gasteiger partial charge < -0.3 is 0 Å². The fourth-order valence-corrected chi connectivity index (χ4v) is 5.11. The van der Waals surface area contributed by atoms with Crippen molar-refractivity contribution < 1.29 is 16.8 Å². The molecule has 0 spiro atoms. The maximum absolute atomic E-state index is 12.5. The van der Waals surface area contributed by atoms with Gasteiger partial charge in [0.2, 0.25) is 10.0 Å². The Bertz CT molecular complexity index is 693. The second-order valence-electron chi connectivity index (χ2n) is 5.50. The highest BCUT2D eigenvalue weighted by Crippen LogP contribution is 2.24. The van der Waals surface area contributed by atoms with Gasteiger partial charge in [0.1, 0.15) is 0 Å². The maximum Gasteiger partial charge on any atom is 0.243 e. The first-order valence-electron chi connectivity index (χ1n) is 7.03. The lowest BCUT2D eigenvalue weighted by atomic mass is 10.1. The van der Waals surface area contributed by atoms with Gasteiger partial charge >= 0.3 is 0 Å². The first-order chi connectivity index (χ1) is 9.75. The topological polar surface area (TPSA) is 71.5 Å². The average Bonchev–Trinajstić information content (AvgIpc) is 2.90. The number of sulfonamides is 1. The lowest BCUT2D eigenvalue weighted by Gasteiger charge is -2.16. The molecule has 21 heavy (non-hydrogen) atoms. The molecule has 1 saturated heterocycles. The number of nitrogens with zero attached hydrogens (tertiary/aromatic N) is 1.